The van der Waals surface area contributed by atoms with Crippen molar-refractivity contribution in [1.29, 1.82) is 0 Å². The van der Waals surface area contributed by atoms with Gasteiger partial charge in [0.05, 0.1) is 22.1 Å². The minimum absolute atomic E-state index is 0.109. The molecule has 2 saturated heterocycles. The third-order valence-corrected chi connectivity index (χ3v) is 9.91. The zero-order valence-electron chi connectivity index (χ0n) is 21.8. The lowest BCUT2D eigenvalue weighted by molar-refractivity contribution is 0.104. The molecule has 2 aromatic carbocycles. The van der Waals surface area contributed by atoms with E-state index in [-0.39, 0.29) is 5.92 Å². The van der Waals surface area contributed by atoms with Crippen LogP contribution in [0.15, 0.2) is 84.0 Å². The van der Waals surface area contributed by atoms with Crippen molar-refractivity contribution in [2.24, 2.45) is 0 Å². The van der Waals surface area contributed by atoms with Crippen LogP contribution in [0.2, 0.25) is 0 Å². The maximum atomic E-state index is 12.9. The fourth-order valence-electron chi connectivity index (χ4n) is 6.65. The van der Waals surface area contributed by atoms with E-state index < -0.39 is 10.0 Å². The van der Waals surface area contributed by atoms with Crippen molar-refractivity contribution < 1.29 is 8.42 Å². The van der Waals surface area contributed by atoms with Gasteiger partial charge in [-0.05, 0) is 75.3 Å². The highest BCUT2D eigenvalue weighted by molar-refractivity contribution is 7.89. The van der Waals surface area contributed by atoms with Crippen molar-refractivity contribution in [3.8, 4) is 0 Å². The first kappa shape index (κ1) is 25.2. The zero-order chi connectivity index (χ0) is 26.1. The number of rotatable bonds is 9. The summed E-state index contributed by atoms with van der Waals surface area (Å²) in [5.74, 6) is 1.18. The van der Waals surface area contributed by atoms with E-state index in [0.29, 0.717) is 29.6 Å². The van der Waals surface area contributed by atoms with E-state index in [4.69, 9.17) is 4.98 Å². The van der Waals surface area contributed by atoms with Crippen molar-refractivity contribution in [3.05, 3.63) is 90.5 Å². The third kappa shape index (κ3) is 5.00. The number of aromatic nitrogens is 3. The molecule has 2 unspecified atom stereocenters. The fraction of sp³-hybridized carbons (Fsp3) is 0.400. The largest absolute Gasteiger partial charge is 0.324 e. The first-order valence-electron chi connectivity index (χ1n) is 13.6. The van der Waals surface area contributed by atoms with Crippen LogP contribution in [0.4, 0.5) is 0 Å². The topological polar surface area (TPSA) is 80.1 Å². The molecule has 0 amide bonds. The standard InChI is InChI=1S/C30H35N5O2S/c1-22-33-29-14-16-31-21-30(29)35(22)27-18-25-12-13-26(19-27)34(25)17-15-24(23-8-4-2-5-9-23)20-32-38(36,37)28-10-6-3-7-11-28/h2-11,14,16,21,24-27,32H,12-13,15,17-20H2,1H3/t24?,25-,26+,27?. The first-order valence-corrected chi connectivity index (χ1v) is 15.1. The molecule has 0 spiro atoms. The quantitative estimate of drug-likeness (QED) is 0.328. The van der Waals surface area contributed by atoms with Crippen LogP contribution in [0.1, 0.15) is 55.5 Å². The molecule has 198 valence electrons. The van der Waals surface area contributed by atoms with Crippen LogP contribution < -0.4 is 4.72 Å². The van der Waals surface area contributed by atoms with Crippen molar-refractivity contribution in [2.45, 2.75) is 68.0 Å². The molecule has 6 rings (SSSR count). The van der Waals surface area contributed by atoms with Gasteiger partial charge in [0.15, 0.2) is 0 Å². The summed E-state index contributed by atoms with van der Waals surface area (Å²) < 4.78 is 31.1. The van der Waals surface area contributed by atoms with E-state index in [0.717, 1.165) is 42.7 Å². The Morgan fingerprint density at radius 3 is 2.34 bits per heavy atom. The number of pyridine rings is 1. The van der Waals surface area contributed by atoms with E-state index in [9.17, 15) is 8.42 Å². The van der Waals surface area contributed by atoms with Crippen LogP contribution in [-0.4, -0.2) is 53.0 Å². The van der Waals surface area contributed by atoms with E-state index in [1.54, 1.807) is 24.3 Å². The Bertz CT molecular complexity index is 1480. The Morgan fingerprint density at radius 2 is 1.63 bits per heavy atom. The summed E-state index contributed by atoms with van der Waals surface area (Å²) in [6.07, 6.45) is 9.36. The number of hydrogen-bond donors (Lipinski definition) is 1. The number of nitrogens with one attached hydrogen (secondary N) is 1. The molecule has 2 bridgehead atoms. The van der Waals surface area contributed by atoms with Crippen molar-refractivity contribution in [3.63, 3.8) is 0 Å². The lowest BCUT2D eigenvalue weighted by Gasteiger charge is -2.40. The van der Waals surface area contributed by atoms with Crippen LogP contribution in [0, 0.1) is 6.92 Å². The Morgan fingerprint density at radius 1 is 0.947 bits per heavy atom. The maximum Gasteiger partial charge on any atom is 0.240 e. The Balaban J connectivity index is 1.15. The Kier molecular flexibility index (Phi) is 7.03. The SMILES string of the molecule is Cc1nc2ccncc2n1C1C[C@H]2CC[C@@H](C1)N2CCC(CNS(=O)(=O)c1ccccc1)c1ccccc1. The molecule has 0 saturated carbocycles. The summed E-state index contributed by atoms with van der Waals surface area (Å²) in [6.45, 7) is 3.47. The van der Waals surface area contributed by atoms with Gasteiger partial charge < -0.3 is 4.57 Å². The smallest absolute Gasteiger partial charge is 0.240 e. The summed E-state index contributed by atoms with van der Waals surface area (Å²) in [4.78, 5) is 12.2. The molecule has 0 radical (unpaired) electrons. The predicted molar refractivity (Wildman–Crippen MR) is 149 cm³/mol. The second-order valence-electron chi connectivity index (χ2n) is 10.7. The molecule has 0 aliphatic carbocycles. The fourth-order valence-corrected chi connectivity index (χ4v) is 7.76. The van der Waals surface area contributed by atoms with Gasteiger partial charge in [0, 0.05) is 30.9 Å². The number of aryl methyl sites for hydroxylation is 1. The van der Waals surface area contributed by atoms with E-state index in [1.165, 1.54) is 18.4 Å². The number of fused-ring (bicyclic) bond motifs is 3. The maximum absolute atomic E-state index is 12.9. The van der Waals surface area contributed by atoms with Crippen LogP contribution in [0.25, 0.3) is 11.0 Å². The van der Waals surface area contributed by atoms with Crippen LogP contribution in [0.3, 0.4) is 0 Å². The third-order valence-electron chi connectivity index (χ3n) is 8.47. The second kappa shape index (κ2) is 10.6. The number of benzene rings is 2. The highest BCUT2D eigenvalue weighted by Gasteiger charge is 2.41. The molecule has 2 aliphatic rings. The average molecular weight is 530 g/mol. The van der Waals surface area contributed by atoms with E-state index in [1.807, 2.05) is 42.7 Å². The lowest BCUT2D eigenvalue weighted by Crippen LogP contribution is -2.44. The van der Waals surface area contributed by atoms with Crippen molar-refractivity contribution in [1.82, 2.24) is 24.2 Å². The number of nitrogens with zero attached hydrogens (tertiary/aromatic N) is 4. The van der Waals surface area contributed by atoms with Gasteiger partial charge in [-0.25, -0.2) is 18.1 Å². The van der Waals surface area contributed by atoms with E-state index >= 15 is 0 Å². The molecule has 2 fully saturated rings. The molecule has 4 aromatic rings. The van der Waals surface area contributed by atoms with Crippen LogP contribution in [-0.2, 0) is 10.0 Å². The van der Waals surface area contributed by atoms with Gasteiger partial charge in [-0.1, -0.05) is 48.5 Å². The Hall–Kier alpha value is -3.07. The molecule has 8 heteroatoms. The molecule has 2 aromatic heterocycles. The predicted octanol–water partition coefficient (Wildman–Crippen LogP) is 5.06. The van der Waals surface area contributed by atoms with Gasteiger partial charge in [-0.2, -0.15) is 0 Å². The molecule has 4 atom stereocenters. The molecule has 4 heterocycles. The van der Waals surface area contributed by atoms with Gasteiger partial charge in [-0.15, -0.1) is 0 Å². The summed E-state index contributed by atoms with van der Waals surface area (Å²) >= 11 is 0. The number of sulfonamides is 1. The molecular formula is C30H35N5O2S. The van der Waals surface area contributed by atoms with Gasteiger partial charge in [0.2, 0.25) is 10.0 Å². The second-order valence-corrected chi connectivity index (χ2v) is 12.5. The number of imidazole rings is 1. The van der Waals surface area contributed by atoms with E-state index in [2.05, 4.69) is 38.2 Å². The van der Waals surface area contributed by atoms with Crippen LogP contribution in [0.5, 0.6) is 0 Å². The highest BCUT2D eigenvalue weighted by atomic mass is 32.2. The van der Waals surface area contributed by atoms with Crippen LogP contribution >= 0.6 is 0 Å². The van der Waals surface area contributed by atoms with Gasteiger partial charge >= 0.3 is 0 Å². The lowest BCUT2D eigenvalue weighted by atomic mass is 9.93. The normalized spacial score (nSPS) is 22.6. The molecule has 38 heavy (non-hydrogen) atoms. The number of hydrogen-bond acceptors (Lipinski definition) is 5. The van der Waals surface area contributed by atoms with Gasteiger partial charge in [0.1, 0.15) is 5.82 Å². The first-order chi connectivity index (χ1) is 18.5. The monoisotopic (exact) mass is 529 g/mol. The number of piperidine rings is 1. The summed E-state index contributed by atoms with van der Waals surface area (Å²) in [5, 5.41) is 0. The minimum atomic E-state index is -3.55. The zero-order valence-corrected chi connectivity index (χ0v) is 22.6. The molecular weight excluding hydrogens is 494 g/mol. The van der Waals surface area contributed by atoms with Crippen molar-refractivity contribution in [2.75, 3.05) is 13.1 Å². The Labute approximate surface area is 225 Å². The van der Waals surface area contributed by atoms with Gasteiger partial charge in [-0.3, -0.25) is 9.88 Å². The summed E-state index contributed by atoms with van der Waals surface area (Å²) in [6, 6.07) is 22.5. The molecule has 7 nitrogen and oxygen atoms in total. The molecule has 2 aliphatic heterocycles. The average Bonchev–Trinajstić information content (AvgIpc) is 3.40. The van der Waals surface area contributed by atoms with Crippen molar-refractivity contribution >= 4 is 21.1 Å². The highest BCUT2D eigenvalue weighted by Crippen LogP contribution is 2.42. The summed E-state index contributed by atoms with van der Waals surface area (Å²) in [7, 11) is -3.55. The summed E-state index contributed by atoms with van der Waals surface area (Å²) in [5.41, 5.74) is 3.34. The van der Waals surface area contributed by atoms with Gasteiger partial charge in [0.25, 0.3) is 0 Å². The minimum Gasteiger partial charge on any atom is -0.324 e. The molecule has 1 N–H and O–H groups in total.